The van der Waals surface area contributed by atoms with Gasteiger partial charge in [0.2, 0.25) is 0 Å². The van der Waals surface area contributed by atoms with Gasteiger partial charge in [-0.25, -0.2) is 9.78 Å². The van der Waals surface area contributed by atoms with E-state index in [1.807, 2.05) is 60.7 Å². The largest absolute Gasteiger partial charge is 0.462 e. The molecule has 160 valence electrons. The Labute approximate surface area is 189 Å². The van der Waals surface area contributed by atoms with Crippen molar-refractivity contribution in [3.63, 3.8) is 0 Å². The van der Waals surface area contributed by atoms with Gasteiger partial charge >= 0.3 is 5.97 Å². The summed E-state index contributed by atoms with van der Waals surface area (Å²) in [6.07, 6.45) is 0. The molecule has 0 saturated heterocycles. The van der Waals surface area contributed by atoms with Gasteiger partial charge < -0.3 is 9.47 Å². The lowest BCUT2D eigenvalue weighted by Gasteiger charge is -2.10. The van der Waals surface area contributed by atoms with Gasteiger partial charge in [-0.1, -0.05) is 72.0 Å². The summed E-state index contributed by atoms with van der Waals surface area (Å²) in [5, 5.41) is 3.09. The molecule has 0 aliphatic rings. The number of thiazole rings is 1. The summed E-state index contributed by atoms with van der Waals surface area (Å²) in [4.78, 5) is 30.4. The molecule has 0 saturated carbocycles. The van der Waals surface area contributed by atoms with Crippen molar-refractivity contribution in [2.45, 2.75) is 6.92 Å². The molecule has 1 N–H and O–H groups in total. The minimum atomic E-state index is -0.475. The van der Waals surface area contributed by atoms with Gasteiger partial charge in [0.15, 0.2) is 5.13 Å². The molecule has 0 unspecified atom stereocenters. The highest BCUT2D eigenvalue weighted by Gasteiger charge is 2.22. The van der Waals surface area contributed by atoms with E-state index in [4.69, 9.17) is 9.47 Å². The third-order valence-corrected chi connectivity index (χ3v) is 5.41. The lowest BCUT2D eigenvalue weighted by Crippen LogP contribution is -2.12. The van der Waals surface area contributed by atoms with E-state index in [2.05, 4.69) is 10.3 Å². The maximum atomic E-state index is 13.0. The number of hydrogen-bond acceptors (Lipinski definition) is 6. The number of amides is 1. The molecule has 32 heavy (non-hydrogen) atoms. The molecule has 3 aromatic carbocycles. The summed E-state index contributed by atoms with van der Waals surface area (Å²) >= 11 is 1.08. The van der Waals surface area contributed by atoms with E-state index in [-0.39, 0.29) is 12.5 Å². The minimum Gasteiger partial charge on any atom is -0.462 e. The number of nitrogens with one attached hydrogen (secondary N) is 1. The van der Waals surface area contributed by atoms with E-state index < -0.39 is 5.97 Å². The third-order valence-electron chi connectivity index (χ3n) is 4.46. The lowest BCUT2D eigenvalue weighted by atomic mass is 10.1. The first-order valence-corrected chi connectivity index (χ1v) is 10.8. The van der Waals surface area contributed by atoms with Crippen LogP contribution in [0.15, 0.2) is 84.9 Å². The van der Waals surface area contributed by atoms with Crippen LogP contribution in [-0.4, -0.2) is 23.5 Å². The second kappa shape index (κ2) is 9.89. The Morgan fingerprint density at radius 3 is 2.28 bits per heavy atom. The molecule has 4 rings (SSSR count). The van der Waals surface area contributed by atoms with Gasteiger partial charge in [-0.3, -0.25) is 10.1 Å². The van der Waals surface area contributed by atoms with Crippen LogP contribution in [0.2, 0.25) is 0 Å². The van der Waals surface area contributed by atoms with Crippen molar-refractivity contribution in [2.75, 3.05) is 11.9 Å². The van der Waals surface area contributed by atoms with Crippen molar-refractivity contribution < 1.29 is 19.1 Å². The number of ether oxygens (including phenoxy) is 2. The molecule has 7 heteroatoms. The fourth-order valence-electron chi connectivity index (χ4n) is 3.02. The third kappa shape index (κ3) is 4.84. The van der Waals surface area contributed by atoms with E-state index >= 15 is 0 Å². The molecule has 1 heterocycles. The molecule has 0 radical (unpaired) electrons. The molecule has 0 aliphatic carbocycles. The number of rotatable bonds is 7. The molecule has 0 fully saturated rings. The minimum absolute atomic E-state index is 0.247. The number of hydrogen-bond donors (Lipinski definition) is 1. The van der Waals surface area contributed by atoms with Crippen molar-refractivity contribution in [3.8, 4) is 22.8 Å². The Hall–Kier alpha value is -3.97. The zero-order chi connectivity index (χ0) is 22.3. The molecule has 0 spiro atoms. The Morgan fingerprint density at radius 1 is 0.906 bits per heavy atom. The van der Waals surface area contributed by atoms with Crippen LogP contribution in [0.1, 0.15) is 27.0 Å². The van der Waals surface area contributed by atoms with Crippen LogP contribution < -0.4 is 10.1 Å². The van der Waals surface area contributed by atoms with Crippen molar-refractivity contribution in [1.82, 2.24) is 4.98 Å². The Bertz CT molecular complexity index is 1220. The fourth-order valence-corrected chi connectivity index (χ4v) is 3.90. The van der Waals surface area contributed by atoms with Gasteiger partial charge in [0, 0.05) is 5.56 Å². The standard InChI is InChI=1S/C25H20N2O4S/c1-2-30-24(29)22-21(17-11-5-3-6-12-17)26-25(32-22)27-23(28)19-15-9-10-16-20(19)31-18-13-7-4-8-14-18/h3-16H,2H2,1H3,(H,26,27,28). The van der Waals surface area contributed by atoms with Gasteiger partial charge in [0.05, 0.1) is 17.9 Å². The molecule has 4 aromatic rings. The highest BCUT2D eigenvalue weighted by atomic mass is 32.1. The number of anilines is 1. The summed E-state index contributed by atoms with van der Waals surface area (Å²) in [5.74, 6) is 0.178. The first-order valence-electron chi connectivity index (χ1n) is 10.0. The van der Waals surface area contributed by atoms with Crippen LogP contribution in [0, 0.1) is 0 Å². The average Bonchev–Trinajstić information content (AvgIpc) is 3.25. The zero-order valence-corrected chi connectivity index (χ0v) is 18.1. The molecule has 0 bridgehead atoms. The monoisotopic (exact) mass is 444 g/mol. The molecule has 0 atom stereocenters. The summed E-state index contributed by atoms with van der Waals surface area (Å²) in [5.41, 5.74) is 1.59. The van der Waals surface area contributed by atoms with E-state index in [9.17, 15) is 9.59 Å². The maximum absolute atomic E-state index is 13.0. The highest BCUT2D eigenvalue weighted by molar-refractivity contribution is 7.18. The number of para-hydroxylation sites is 2. The number of esters is 1. The van der Waals surface area contributed by atoms with Crippen LogP contribution in [-0.2, 0) is 4.74 Å². The quantitative estimate of drug-likeness (QED) is 0.352. The summed E-state index contributed by atoms with van der Waals surface area (Å²) < 4.78 is 11.1. The van der Waals surface area contributed by atoms with Crippen molar-refractivity contribution >= 4 is 28.3 Å². The number of carbonyl (C=O) groups excluding carboxylic acids is 2. The predicted molar refractivity (Wildman–Crippen MR) is 124 cm³/mol. The predicted octanol–water partition coefficient (Wildman–Crippen LogP) is 6.03. The summed E-state index contributed by atoms with van der Waals surface area (Å²) in [6.45, 7) is 1.99. The van der Waals surface area contributed by atoms with Crippen LogP contribution in [0.25, 0.3) is 11.3 Å². The van der Waals surface area contributed by atoms with Crippen molar-refractivity contribution in [2.24, 2.45) is 0 Å². The second-order valence-electron chi connectivity index (χ2n) is 6.65. The lowest BCUT2D eigenvalue weighted by molar-refractivity contribution is 0.0532. The Morgan fingerprint density at radius 2 is 1.56 bits per heavy atom. The highest BCUT2D eigenvalue weighted by Crippen LogP contribution is 2.33. The Kier molecular flexibility index (Phi) is 6.57. The van der Waals surface area contributed by atoms with Gasteiger partial charge in [-0.15, -0.1) is 0 Å². The van der Waals surface area contributed by atoms with E-state index in [0.717, 1.165) is 16.9 Å². The molecule has 1 aromatic heterocycles. The van der Waals surface area contributed by atoms with Gasteiger partial charge in [0.25, 0.3) is 5.91 Å². The topological polar surface area (TPSA) is 77.5 Å². The normalized spacial score (nSPS) is 10.4. The van der Waals surface area contributed by atoms with Crippen LogP contribution in [0.5, 0.6) is 11.5 Å². The number of aromatic nitrogens is 1. The van der Waals surface area contributed by atoms with E-state index in [1.165, 1.54) is 0 Å². The maximum Gasteiger partial charge on any atom is 0.350 e. The number of benzene rings is 3. The molecule has 6 nitrogen and oxygen atoms in total. The first kappa shape index (κ1) is 21.3. The van der Waals surface area contributed by atoms with E-state index in [1.54, 1.807) is 31.2 Å². The van der Waals surface area contributed by atoms with Gasteiger partial charge in [0.1, 0.15) is 16.4 Å². The van der Waals surface area contributed by atoms with Gasteiger partial charge in [-0.2, -0.15) is 0 Å². The number of nitrogens with zero attached hydrogens (tertiary/aromatic N) is 1. The van der Waals surface area contributed by atoms with Crippen molar-refractivity contribution in [3.05, 3.63) is 95.4 Å². The molecular weight excluding hydrogens is 424 g/mol. The van der Waals surface area contributed by atoms with Crippen LogP contribution in [0.3, 0.4) is 0 Å². The summed E-state index contributed by atoms with van der Waals surface area (Å²) in [6, 6.07) is 25.5. The molecule has 0 aliphatic heterocycles. The van der Waals surface area contributed by atoms with E-state index in [0.29, 0.717) is 32.8 Å². The molecule has 1 amide bonds. The fraction of sp³-hybridized carbons (Fsp3) is 0.0800. The van der Waals surface area contributed by atoms with Gasteiger partial charge in [-0.05, 0) is 31.2 Å². The SMILES string of the molecule is CCOC(=O)c1sc(NC(=O)c2ccccc2Oc2ccccc2)nc1-c1ccccc1. The zero-order valence-electron chi connectivity index (χ0n) is 17.3. The van der Waals surface area contributed by atoms with Crippen molar-refractivity contribution in [1.29, 1.82) is 0 Å². The Balaban J connectivity index is 1.62. The first-order chi connectivity index (χ1) is 15.7. The van der Waals surface area contributed by atoms with Crippen LogP contribution in [0.4, 0.5) is 5.13 Å². The second-order valence-corrected chi connectivity index (χ2v) is 7.65. The average molecular weight is 445 g/mol. The smallest absolute Gasteiger partial charge is 0.350 e. The number of carbonyl (C=O) groups is 2. The molecular formula is C25H20N2O4S. The van der Waals surface area contributed by atoms with Crippen LogP contribution >= 0.6 is 11.3 Å². The summed E-state index contributed by atoms with van der Waals surface area (Å²) in [7, 11) is 0.